The molecule has 5 heteroatoms. The quantitative estimate of drug-likeness (QED) is 0.493. The minimum absolute atomic E-state index is 0.207. The molecule has 0 fully saturated rings. The second-order valence-electron chi connectivity index (χ2n) is 2.42. The van der Waals surface area contributed by atoms with Gasteiger partial charge in [-0.25, -0.2) is 10.3 Å². The first kappa shape index (κ1) is 12.2. The maximum atomic E-state index is 11.2. The van der Waals surface area contributed by atoms with Crippen LogP contribution in [-0.2, 0) is 9.57 Å². The van der Waals surface area contributed by atoms with Crippen LogP contribution >= 0.6 is 0 Å². The number of urea groups is 1. The second-order valence-corrected chi connectivity index (χ2v) is 2.42. The van der Waals surface area contributed by atoms with Crippen molar-refractivity contribution in [3.8, 4) is 0 Å². The molecule has 78 valence electrons. The van der Waals surface area contributed by atoms with Crippen LogP contribution in [0.25, 0.3) is 0 Å². The van der Waals surface area contributed by atoms with Gasteiger partial charge in [-0.3, -0.25) is 4.84 Å². The third-order valence-electron chi connectivity index (χ3n) is 1.60. The zero-order valence-corrected chi connectivity index (χ0v) is 8.50. The SMILES string of the molecule is CCN(CC)C(=O)NOCCOC. The summed E-state index contributed by atoms with van der Waals surface area (Å²) >= 11 is 0. The molecule has 0 rings (SSSR count). The van der Waals surface area contributed by atoms with Gasteiger partial charge in [0.15, 0.2) is 0 Å². The smallest absolute Gasteiger partial charge is 0.341 e. The number of rotatable bonds is 6. The van der Waals surface area contributed by atoms with Crippen LogP contribution in [-0.4, -0.2) is 44.3 Å². The molecule has 0 unspecified atom stereocenters. The Morgan fingerprint density at radius 3 is 2.38 bits per heavy atom. The molecule has 0 radical (unpaired) electrons. The van der Waals surface area contributed by atoms with Crippen LogP contribution in [0.15, 0.2) is 0 Å². The van der Waals surface area contributed by atoms with Crippen LogP contribution in [0.5, 0.6) is 0 Å². The average molecular weight is 190 g/mol. The van der Waals surface area contributed by atoms with Gasteiger partial charge in [-0.05, 0) is 13.8 Å². The molecule has 0 saturated heterocycles. The average Bonchev–Trinajstić information content (AvgIpc) is 2.14. The molecule has 0 atom stereocenters. The van der Waals surface area contributed by atoms with E-state index in [-0.39, 0.29) is 6.03 Å². The molecule has 0 aromatic carbocycles. The zero-order valence-electron chi connectivity index (χ0n) is 8.50. The molecule has 0 aliphatic rings. The van der Waals surface area contributed by atoms with Crippen molar-refractivity contribution in [3.63, 3.8) is 0 Å². The van der Waals surface area contributed by atoms with E-state index in [1.165, 1.54) is 0 Å². The third kappa shape index (κ3) is 5.43. The lowest BCUT2D eigenvalue weighted by Gasteiger charge is -2.18. The van der Waals surface area contributed by atoms with E-state index in [0.29, 0.717) is 26.3 Å². The summed E-state index contributed by atoms with van der Waals surface area (Å²) in [6.45, 7) is 6.02. The van der Waals surface area contributed by atoms with Crippen molar-refractivity contribution in [1.29, 1.82) is 0 Å². The fourth-order valence-electron chi connectivity index (χ4n) is 0.813. The summed E-state index contributed by atoms with van der Waals surface area (Å²) in [5.74, 6) is 0. The number of nitrogens with zero attached hydrogens (tertiary/aromatic N) is 1. The molecule has 0 aromatic rings. The summed E-state index contributed by atoms with van der Waals surface area (Å²) in [6.07, 6.45) is 0. The van der Waals surface area contributed by atoms with E-state index in [9.17, 15) is 4.79 Å². The molecule has 0 aliphatic carbocycles. The van der Waals surface area contributed by atoms with Crippen molar-refractivity contribution in [1.82, 2.24) is 10.4 Å². The summed E-state index contributed by atoms with van der Waals surface area (Å²) < 4.78 is 4.75. The molecule has 0 heterocycles. The number of carbonyl (C=O) groups excluding carboxylic acids is 1. The van der Waals surface area contributed by atoms with Gasteiger partial charge in [0.05, 0.1) is 13.2 Å². The van der Waals surface area contributed by atoms with Crippen molar-refractivity contribution >= 4 is 6.03 Å². The van der Waals surface area contributed by atoms with E-state index in [0.717, 1.165) is 0 Å². The van der Waals surface area contributed by atoms with Gasteiger partial charge in [-0.1, -0.05) is 0 Å². The van der Waals surface area contributed by atoms with Crippen LogP contribution < -0.4 is 5.48 Å². The highest BCUT2D eigenvalue weighted by Gasteiger charge is 2.07. The predicted octanol–water partition coefficient (Wildman–Crippen LogP) is 0.616. The number of nitrogens with one attached hydrogen (secondary N) is 1. The first-order valence-corrected chi connectivity index (χ1v) is 4.41. The normalized spacial score (nSPS) is 9.77. The third-order valence-corrected chi connectivity index (χ3v) is 1.60. The summed E-state index contributed by atoms with van der Waals surface area (Å²) in [7, 11) is 1.58. The van der Waals surface area contributed by atoms with Crippen molar-refractivity contribution in [2.75, 3.05) is 33.4 Å². The fraction of sp³-hybridized carbons (Fsp3) is 0.875. The van der Waals surface area contributed by atoms with Crippen LogP contribution in [0.2, 0.25) is 0 Å². The maximum absolute atomic E-state index is 11.2. The highest BCUT2D eigenvalue weighted by molar-refractivity contribution is 5.72. The Labute approximate surface area is 78.9 Å². The number of hydroxylamine groups is 1. The Balaban J connectivity index is 3.48. The topological polar surface area (TPSA) is 50.8 Å². The molecule has 5 nitrogen and oxygen atoms in total. The Bertz CT molecular complexity index is 137. The standard InChI is InChI=1S/C8H18N2O3/c1-4-10(5-2)8(11)9-13-7-6-12-3/h4-7H2,1-3H3,(H,9,11). The lowest BCUT2D eigenvalue weighted by atomic mass is 10.5. The van der Waals surface area contributed by atoms with Gasteiger partial charge >= 0.3 is 6.03 Å². The predicted molar refractivity (Wildman–Crippen MR) is 49.3 cm³/mol. The molecule has 0 saturated carbocycles. The molecule has 0 aliphatic heterocycles. The number of carbonyl (C=O) groups is 1. The number of hydrogen-bond donors (Lipinski definition) is 1. The molecule has 0 bridgehead atoms. The van der Waals surface area contributed by atoms with E-state index < -0.39 is 0 Å². The zero-order chi connectivity index (χ0) is 10.1. The van der Waals surface area contributed by atoms with E-state index in [2.05, 4.69) is 5.48 Å². The lowest BCUT2D eigenvalue weighted by molar-refractivity contribution is 0.0165. The molecule has 1 N–H and O–H groups in total. The monoisotopic (exact) mass is 190 g/mol. The highest BCUT2D eigenvalue weighted by Crippen LogP contribution is 1.87. The fourth-order valence-corrected chi connectivity index (χ4v) is 0.813. The van der Waals surface area contributed by atoms with Crippen LogP contribution in [0.3, 0.4) is 0 Å². The highest BCUT2D eigenvalue weighted by atomic mass is 16.7. The van der Waals surface area contributed by atoms with E-state index in [1.807, 2.05) is 13.8 Å². The van der Waals surface area contributed by atoms with Crippen molar-refractivity contribution in [2.24, 2.45) is 0 Å². The maximum Gasteiger partial charge on any atom is 0.341 e. The number of methoxy groups -OCH3 is 1. The minimum Gasteiger partial charge on any atom is -0.382 e. The van der Waals surface area contributed by atoms with Crippen molar-refractivity contribution < 1.29 is 14.4 Å². The van der Waals surface area contributed by atoms with Gasteiger partial charge in [0.1, 0.15) is 0 Å². The van der Waals surface area contributed by atoms with Gasteiger partial charge in [-0.2, -0.15) is 0 Å². The van der Waals surface area contributed by atoms with Gasteiger partial charge < -0.3 is 9.64 Å². The largest absolute Gasteiger partial charge is 0.382 e. The van der Waals surface area contributed by atoms with Crippen LogP contribution in [0, 0.1) is 0 Å². The molecule has 13 heavy (non-hydrogen) atoms. The van der Waals surface area contributed by atoms with Gasteiger partial charge in [-0.15, -0.1) is 0 Å². The van der Waals surface area contributed by atoms with E-state index in [4.69, 9.17) is 9.57 Å². The van der Waals surface area contributed by atoms with Gasteiger partial charge in [0, 0.05) is 20.2 Å². The minimum atomic E-state index is -0.207. The Morgan fingerprint density at radius 1 is 1.31 bits per heavy atom. The summed E-state index contributed by atoms with van der Waals surface area (Å²) in [5.41, 5.74) is 2.33. The molecule has 2 amide bonds. The molecular formula is C8H18N2O3. The molecular weight excluding hydrogens is 172 g/mol. The number of hydrogen-bond acceptors (Lipinski definition) is 3. The summed E-state index contributed by atoms with van der Waals surface area (Å²) in [5, 5.41) is 0. The molecule has 0 aromatic heterocycles. The number of amides is 2. The van der Waals surface area contributed by atoms with E-state index >= 15 is 0 Å². The Kier molecular flexibility index (Phi) is 7.33. The summed E-state index contributed by atoms with van der Waals surface area (Å²) in [4.78, 5) is 17.7. The van der Waals surface area contributed by atoms with E-state index in [1.54, 1.807) is 12.0 Å². The Morgan fingerprint density at radius 2 is 1.92 bits per heavy atom. The number of ether oxygens (including phenoxy) is 1. The first-order valence-electron chi connectivity index (χ1n) is 4.41. The second kappa shape index (κ2) is 7.82. The van der Waals surface area contributed by atoms with Gasteiger partial charge in [0.2, 0.25) is 0 Å². The van der Waals surface area contributed by atoms with Gasteiger partial charge in [0.25, 0.3) is 0 Å². The van der Waals surface area contributed by atoms with Crippen molar-refractivity contribution in [3.05, 3.63) is 0 Å². The molecule has 0 spiro atoms. The summed E-state index contributed by atoms with van der Waals surface area (Å²) in [6, 6.07) is -0.207. The van der Waals surface area contributed by atoms with Crippen LogP contribution in [0.1, 0.15) is 13.8 Å². The first-order chi connectivity index (χ1) is 6.26. The Hall–Kier alpha value is -0.810. The lowest BCUT2D eigenvalue weighted by Crippen LogP contribution is -2.40. The van der Waals surface area contributed by atoms with Crippen molar-refractivity contribution in [2.45, 2.75) is 13.8 Å². The van der Waals surface area contributed by atoms with Crippen LogP contribution in [0.4, 0.5) is 4.79 Å².